The van der Waals surface area contributed by atoms with Crippen LogP contribution in [0.2, 0.25) is 0 Å². The minimum Gasteiger partial charge on any atom is -0.386 e. The minimum absolute atomic E-state index is 0.155. The number of halogens is 1. The molecule has 1 saturated heterocycles. The number of piperidine rings is 1. The monoisotopic (exact) mass is 501 g/mol. The molecule has 0 amide bonds. The first-order chi connectivity index (χ1) is 17.9. The van der Waals surface area contributed by atoms with Crippen molar-refractivity contribution >= 4 is 56.2 Å². The Morgan fingerprint density at radius 3 is 2.78 bits per heavy atom. The van der Waals surface area contributed by atoms with E-state index in [1.165, 1.54) is 6.07 Å². The molecule has 2 unspecified atom stereocenters. The molecule has 3 atom stereocenters. The van der Waals surface area contributed by atoms with Crippen molar-refractivity contribution < 1.29 is 4.39 Å². The number of aromatic amines is 1. The van der Waals surface area contributed by atoms with Crippen LogP contribution >= 0.6 is 0 Å². The van der Waals surface area contributed by atoms with Crippen LogP contribution in [0.4, 0.5) is 27.5 Å². The summed E-state index contributed by atoms with van der Waals surface area (Å²) in [4.78, 5) is 20.0. The lowest BCUT2D eigenvalue weighted by Crippen LogP contribution is -2.41. The van der Waals surface area contributed by atoms with Gasteiger partial charge in [0.25, 0.3) is 0 Å². The third-order valence-electron chi connectivity index (χ3n) is 7.70. The van der Waals surface area contributed by atoms with Gasteiger partial charge in [0.15, 0.2) is 5.65 Å². The number of nitrogens with two attached hydrogens (primary N) is 1. The zero-order valence-electron chi connectivity index (χ0n) is 20.8. The number of H-pyrrole nitrogens is 1. The summed E-state index contributed by atoms with van der Waals surface area (Å²) in [7, 11) is 1.78. The van der Waals surface area contributed by atoms with E-state index in [9.17, 15) is 4.39 Å². The standard InChI is InChI=1S/C25H28FN11/c1-11(2)37-23-19(34-35-37)7-14(9-29-23)30-25-32-22-20(16-5-13(26)6-18(28-3)21(16)31-22)24(33-25)36-10-12-4-15(36)8-17(12)27/h5-7,9,11-12,15,17,28H,4,8,10,27H2,1-3H3,(H2,30,31,32,33)/t12?,15?,17-/m1/s1. The topological polar surface area (TPSA) is 138 Å². The predicted molar refractivity (Wildman–Crippen MR) is 142 cm³/mol. The normalized spacial score (nSPS) is 21.2. The van der Waals surface area contributed by atoms with Gasteiger partial charge >= 0.3 is 0 Å². The lowest BCUT2D eigenvalue weighted by atomic mass is 10.0. The third-order valence-corrected chi connectivity index (χ3v) is 7.70. The summed E-state index contributed by atoms with van der Waals surface area (Å²) in [5.74, 6) is 1.32. The Labute approximate surface area is 211 Å². The molecule has 1 aliphatic carbocycles. The SMILES string of the molecule is CNc1cc(F)cc2c1[nH]c1nc(Nc3cnc4c(c3)nnn4C(C)C)nc(N3CC4CC3C[C@H]4N)c12. The van der Waals surface area contributed by atoms with Gasteiger partial charge in [0, 0.05) is 31.1 Å². The van der Waals surface area contributed by atoms with Gasteiger partial charge in [-0.2, -0.15) is 9.97 Å². The van der Waals surface area contributed by atoms with Crippen molar-refractivity contribution in [1.29, 1.82) is 0 Å². The van der Waals surface area contributed by atoms with Gasteiger partial charge in [-0.1, -0.05) is 5.21 Å². The van der Waals surface area contributed by atoms with E-state index in [1.807, 2.05) is 19.9 Å². The molecule has 1 saturated carbocycles. The van der Waals surface area contributed by atoms with Crippen molar-refractivity contribution in [3.05, 3.63) is 30.2 Å². The first-order valence-electron chi connectivity index (χ1n) is 12.6. The maximum Gasteiger partial charge on any atom is 0.231 e. The molecule has 11 nitrogen and oxygen atoms in total. The van der Waals surface area contributed by atoms with Crippen LogP contribution in [0.3, 0.4) is 0 Å². The zero-order chi connectivity index (χ0) is 25.4. The first-order valence-corrected chi connectivity index (χ1v) is 12.6. The highest BCUT2D eigenvalue weighted by atomic mass is 19.1. The molecular weight excluding hydrogens is 473 g/mol. The molecule has 7 rings (SSSR count). The summed E-state index contributed by atoms with van der Waals surface area (Å²) >= 11 is 0. The second-order valence-electron chi connectivity index (χ2n) is 10.4. The second-order valence-corrected chi connectivity index (χ2v) is 10.4. The molecule has 5 N–H and O–H groups in total. The van der Waals surface area contributed by atoms with E-state index < -0.39 is 0 Å². The maximum absolute atomic E-state index is 14.6. The number of aromatic nitrogens is 7. The van der Waals surface area contributed by atoms with Crippen molar-refractivity contribution in [2.45, 2.75) is 44.8 Å². The van der Waals surface area contributed by atoms with Crippen molar-refractivity contribution in [1.82, 2.24) is 34.9 Å². The Balaban J connectivity index is 1.37. The van der Waals surface area contributed by atoms with Gasteiger partial charge in [-0.15, -0.1) is 5.10 Å². The number of nitrogens with one attached hydrogen (secondary N) is 3. The lowest BCUT2D eigenvalue weighted by Gasteiger charge is -2.31. The van der Waals surface area contributed by atoms with Crippen LogP contribution in [0, 0.1) is 11.7 Å². The smallest absolute Gasteiger partial charge is 0.231 e. The van der Waals surface area contributed by atoms with Gasteiger partial charge < -0.3 is 26.3 Å². The molecule has 5 heterocycles. The van der Waals surface area contributed by atoms with E-state index in [2.05, 4.69) is 35.8 Å². The summed E-state index contributed by atoms with van der Waals surface area (Å²) in [6.07, 6.45) is 3.69. The molecule has 2 aliphatic rings. The van der Waals surface area contributed by atoms with E-state index in [0.717, 1.165) is 47.1 Å². The summed E-state index contributed by atoms with van der Waals surface area (Å²) in [5, 5.41) is 16.4. The van der Waals surface area contributed by atoms with Crippen LogP contribution in [0.15, 0.2) is 24.4 Å². The third kappa shape index (κ3) is 3.39. The quantitative estimate of drug-likeness (QED) is 0.284. The Morgan fingerprint density at radius 2 is 2.05 bits per heavy atom. The predicted octanol–water partition coefficient (Wildman–Crippen LogP) is 3.68. The minimum atomic E-state index is -0.315. The highest BCUT2D eigenvalue weighted by molar-refractivity contribution is 6.15. The van der Waals surface area contributed by atoms with Crippen LogP contribution in [-0.2, 0) is 0 Å². The summed E-state index contributed by atoms with van der Waals surface area (Å²) in [6.45, 7) is 4.90. The van der Waals surface area contributed by atoms with Crippen LogP contribution in [-0.4, -0.2) is 60.6 Å². The fraction of sp³-hybridized carbons (Fsp3) is 0.400. The Kier molecular flexibility index (Phi) is 4.77. The van der Waals surface area contributed by atoms with Gasteiger partial charge in [-0.3, -0.25) is 0 Å². The molecule has 37 heavy (non-hydrogen) atoms. The molecule has 5 aromatic rings. The van der Waals surface area contributed by atoms with Crippen molar-refractivity contribution in [2.24, 2.45) is 11.7 Å². The Hall–Kier alpha value is -4.06. The lowest BCUT2D eigenvalue weighted by molar-refractivity contribution is 0.471. The molecular formula is C25H28FN11. The molecule has 12 heteroatoms. The van der Waals surface area contributed by atoms with E-state index in [0.29, 0.717) is 40.4 Å². The summed E-state index contributed by atoms with van der Waals surface area (Å²) in [5.41, 5.74) is 10.6. The number of anilines is 4. The molecule has 1 aromatic carbocycles. The van der Waals surface area contributed by atoms with Crippen molar-refractivity contribution in [3.63, 3.8) is 0 Å². The maximum atomic E-state index is 14.6. The number of hydrogen-bond acceptors (Lipinski definition) is 9. The Morgan fingerprint density at radius 1 is 1.19 bits per heavy atom. The molecule has 0 spiro atoms. The van der Waals surface area contributed by atoms with E-state index in [1.54, 1.807) is 24.0 Å². The zero-order valence-corrected chi connectivity index (χ0v) is 20.8. The van der Waals surface area contributed by atoms with E-state index in [4.69, 9.17) is 15.7 Å². The molecule has 190 valence electrons. The largest absolute Gasteiger partial charge is 0.386 e. The number of nitrogens with zero attached hydrogens (tertiary/aromatic N) is 7. The van der Waals surface area contributed by atoms with Gasteiger partial charge in [-0.25, -0.2) is 14.1 Å². The fourth-order valence-corrected chi connectivity index (χ4v) is 5.94. The van der Waals surface area contributed by atoms with Crippen molar-refractivity contribution in [2.75, 3.05) is 29.1 Å². The highest BCUT2D eigenvalue weighted by Crippen LogP contribution is 2.44. The number of hydrogen-bond donors (Lipinski definition) is 4. The highest BCUT2D eigenvalue weighted by Gasteiger charge is 2.44. The van der Waals surface area contributed by atoms with Gasteiger partial charge in [0.1, 0.15) is 22.8 Å². The number of rotatable bonds is 5. The fourth-order valence-electron chi connectivity index (χ4n) is 5.94. The van der Waals surface area contributed by atoms with E-state index >= 15 is 0 Å². The van der Waals surface area contributed by atoms with Crippen LogP contribution in [0.1, 0.15) is 32.7 Å². The van der Waals surface area contributed by atoms with Gasteiger partial charge in [-0.05, 0) is 50.8 Å². The Bertz CT molecular complexity index is 1670. The second kappa shape index (κ2) is 7.97. The first kappa shape index (κ1) is 22.2. The van der Waals surface area contributed by atoms with Crippen LogP contribution in [0.25, 0.3) is 33.1 Å². The van der Waals surface area contributed by atoms with Crippen molar-refractivity contribution in [3.8, 4) is 0 Å². The molecule has 0 radical (unpaired) electrons. The molecule has 2 fully saturated rings. The summed E-state index contributed by atoms with van der Waals surface area (Å²) in [6, 6.07) is 5.58. The average molecular weight is 502 g/mol. The van der Waals surface area contributed by atoms with Crippen LogP contribution in [0.5, 0.6) is 0 Å². The van der Waals surface area contributed by atoms with Gasteiger partial charge in [0.05, 0.1) is 34.5 Å². The molecule has 1 aliphatic heterocycles. The number of benzene rings is 1. The van der Waals surface area contributed by atoms with Crippen LogP contribution < -0.4 is 21.3 Å². The number of pyridine rings is 1. The average Bonchev–Trinajstić information content (AvgIpc) is 3.64. The molecule has 2 bridgehead atoms. The summed E-state index contributed by atoms with van der Waals surface area (Å²) < 4.78 is 16.4. The number of fused-ring (bicyclic) bond motifs is 6. The molecule has 4 aromatic heterocycles. The van der Waals surface area contributed by atoms with E-state index in [-0.39, 0.29) is 17.9 Å². The van der Waals surface area contributed by atoms with Gasteiger partial charge in [0.2, 0.25) is 5.95 Å².